The van der Waals surface area contributed by atoms with E-state index in [1.165, 1.54) is 12.8 Å². The summed E-state index contributed by atoms with van der Waals surface area (Å²) in [5.74, 6) is 0.749. The van der Waals surface area contributed by atoms with Crippen LogP contribution in [0.4, 0.5) is 5.95 Å². The van der Waals surface area contributed by atoms with Crippen LogP contribution in [0.5, 0.6) is 0 Å². The number of anilines is 1. The molecule has 1 aromatic rings. The Hall–Kier alpha value is -1.69. The van der Waals surface area contributed by atoms with Crippen molar-refractivity contribution in [3.05, 3.63) is 17.5 Å². The van der Waals surface area contributed by atoms with Crippen molar-refractivity contribution in [3.8, 4) is 0 Å². The molecule has 2 aliphatic heterocycles. The van der Waals surface area contributed by atoms with E-state index < -0.39 is 0 Å². The van der Waals surface area contributed by atoms with E-state index in [2.05, 4.69) is 26.8 Å². The summed E-state index contributed by atoms with van der Waals surface area (Å²) in [5, 5.41) is 0. The van der Waals surface area contributed by atoms with Gasteiger partial charge in [-0.15, -0.1) is 0 Å². The highest BCUT2D eigenvalue weighted by atomic mass is 16.2. The van der Waals surface area contributed by atoms with E-state index in [4.69, 9.17) is 0 Å². The number of hydrogen-bond donors (Lipinski definition) is 0. The maximum Gasteiger partial charge on any atom is 0.272 e. The summed E-state index contributed by atoms with van der Waals surface area (Å²) in [6, 6.07) is 1.81. The van der Waals surface area contributed by atoms with Crippen molar-refractivity contribution in [1.82, 2.24) is 19.8 Å². The van der Waals surface area contributed by atoms with Crippen LogP contribution in [0.2, 0.25) is 0 Å². The van der Waals surface area contributed by atoms with Gasteiger partial charge in [0.05, 0.1) is 0 Å². The quantitative estimate of drug-likeness (QED) is 0.805. The van der Waals surface area contributed by atoms with E-state index in [0.717, 1.165) is 45.0 Å². The second kappa shape index (κ2) is 5.97. The SMILES string of the molecule is Cc1cc(C(=O)N2CCN(C)CC2)nc(N2CCCC2)n1. The number of carbonyl (C=O) groups is 1. The summed E-state index contributed by atoms with van der Waals surface area (Å²) in [6.45, 7) is 7.32. The van der Waals surface area contributed by atoms with Crippen molar-refractivity contribution in [2.45, 2.75) is 19.8 Å². The van der Waals surface area contributed by atoms with Crippen LogP contribution in [0.25, 0.3) is 0 Å². The summed E-state index contributed by atoms with van der Waals surface area (Å²) < 4.78 is 0. The third-order valence-corrected chi connectivity index (χ3v) is 4.24. The third-order valence-electron chi connectivity index (χ3n) is 4.24. The minimum absolute atomic E-state index is 0.0362. The van der Waals surface area contributed by atoms with E-state index in [-0.39, 0.29) is 5.91 Å². The van der Waals surface area contributed by atoms with Crippen molar-refractivity contribution in [2.24, 2.45) is 0 Å². The molecule has 3 heterocycles. The van der Waals surface area contributed by atoms with Crippen molar-refractivity contribution in [2.75, 3.05) is 51.2 Å². The molecule has 0 atom stereocenters. The van der Waals surface area contributed by atoms with Crippen LogP contribution in [0.1, 0.15) is 29.0 Å². The summed E-state index contributed by atoms with van der Waals surface area (Å²) in [7, 11) is 2.09. The molecule has 114 valence electrons. The fourth-order valence-corrected chi connectivity index (χ4v) is 2.89. The fraction of sp³-hybridized carbons (Fsp3) is 0.667. The van der Waals surface area contributed by atoms with Gasteiger partial charge in [-0.2, -0.15) is 0 Å². The Morgan fingerprint density at radius 2 is 1.71 bits per heavy atom. The van der Waals surface area contributed by atoms with Crippen LogP contribution in [-0.4, -0.2) is 72.0 Å². The highest BCUT2D eigenvalue weighted by molar-refractivity contribution is 5.92. The second-order valence-electron chi connectivity index (χ2n) is 5.98. The monoisotopic (exact) mass is 289 g/mol. The normalized spacial score (nSPS) is 20.1. The molecule has 2 saturated heterocycles. The summed E-state index contributed by atoms with van der Waals surface area (Å²) in [5.41, 5.74) is 1.40. The van der Waals surface area contributed by atoms with Gasteiger partial charge in [0.1, 0.15) is 5.69 Å². The molecule has 0 saturated carbocycles. The zero-order valence-electron chi connectivity index (χ0n) is 12.9. The molecule has 0 bridgehead atoms. The summed E-state index contributed by atoms with van der Waals surface area (Å²) >= 11 is 0. The van der Waals surface area contributed by atoms with Crippen LogP contribution in [0, 0.1) is 6.92 Å². The molecule has 0 spiro atoms. The van der Waals surface area contributed by atoms with Crippen molar-refractivity contribution in [1.29, 1.82) is 0 Å². The first-order valence-corrected chi connectivity index (χ1v) is 7.72. The molecule has 2 aliphatic rings. The largest absolute Gasteiger partial charge is 0.341 e. The molecule has 0 aromatic carbocycles. The predicted octanol–water partition coefficient (Wildman–Crippen LogP) is 0.773. The fourth-order valence-electron chi connectivity index (χ4n) is 2.89. The lowest BCUT2D eigenvalue weighted by atomic mass is 10.2. The van der Waals surface area contributed by atoms with Gasteiger partial charge in [-0.25, -0.2) is 9.97 Å². The van der Waals surface area contributed by atoms with Crippen LogP contribution in [0.3, 0.4) is 0 Å². The minimum Gasteiger partial charge on any atom is -0.341 e. The number of rotatable bonds is 2. The number of aryl methyl sites for hydroxylation is 1. The first-order valence-electron chi connectivity index (χ1n) is 7.72. The lowest BCUT2D eigenvalue weighted by molar-refractivity contribution is 0.0658. The van der Waals surface area contributed by atoms with Gasteiger partial charge < -0.3 is 14.7 Å². The van der Waals surface area contributed by atoms with E-state index in [1.807, 2.05) is 11.8 Å². The molecule has 2 fully saturated rings. The number of aromatic nitrogens is 2. The number of piperazine rings is 1. The Kier molecular flexibility index (Phi) is 4.05. The molecule has 6 heteroatoms. The lowest BCUT2D eigenvalue weighted by Gasteiger charge is -2.32. The average molecular weight is 289 g/mol. The van der Waals surface area contributed by atoms with Gasteiger partial charge >= 0.3 is 0 Å². The molecule has 3 rings (SSSR count). The first-order chi connectivity index (χ1) is 10.1. The molecule has 0 aliphatic carbocycles. The van der Waals surface area contributed by atoms with Gasteiger partial charge in [0.15, 0.2) is 0 Å². The van der Waals surface area contributed by atoms with Gasteiger partial charge in [-0.05, 0) is 32.9 Å². The number of carbonyl (C=O) groups excluding carboxylic acids is 1. The number of amides is 1. The average Bonchev–Trinajstić information content (AvgIpc) is 3.01. The van der Waals surface area contributed by atoms with Crippen LogP contribution >= 0.6 is 0 Å². The van der Waals surface area contributed by atoms with Gasteiger partial charge in [-0.1, -0.05) is 0 Å². The maximum absolute atomic E-state index is 12.6. The standard InChI is InChI=1S/C15H23N5O/c1-12-11-13(14(21)19-9-7-18(2)8-10-19)17-15(16-12)20-5-3-4-6-20/h11H,3-10H2,1-2H3. The van der Waals surface area contributed by atoms with Crippen molar-refractivity contribution in [3.63, 3.8) is 0 Å². The topological polar surface area (TPSA) is 52.6 Å². The number of nitrogens with zero attached hydrogens (tertiary/aromatic N) is 5. The second-order valence-corrected chi connectivity index (χ2v) is 5.98. The zero-order chi connectivity index (χ0) is 14.8. The molecule has 21 heavy (non-hydrogen) atoms. The van der Waals surface area contributed by atoms with Crippen LogP contribution < -0.4 is 4.90 Å². The Balaban J connectivity index is 1.79. The number of likely N-dealkylation sites (N-methyl/N-ethyl adjacent to an activating group) is 1. The highest BCUT2D eigenvalue weighted by Crippen LogP contribution is 2.17. The molecule has 0 radical (unpaired) electrons. The van der Waals surface area contributed by atoms with Gasteiger partial charge in [0.2, 0.25) is 5.95 Å². The first kappa shape index (κ1) is 14.3. The van der Waals surface area contributed by atoms with E-state index in [0.29, 0.717) is 11.6 Å². The molecule has 1 aromatic heterocycles. The van der Waals surface area contributed by atoms with Crippen molar-refractivity contribution >= 4 is 11.9 Å². The zero-order valence-corrected chi connectivity index (χ0v) is 12.9. The third kappa shape index (κ3) is 3.15. The van der Waals surface area contributed by atoms with Gasteiger partial charge in [-0.3, -0.25) is 4.79 Å². The summed E-state index contributed by atoms with van der Waals surface area (Å²) in [4.78, 5) is 27.9. The number of hydrogen-bond acceptors (Lipinski definition) is 5. The van der Waals surface area contributed by atoms with Crippen LogP contribution in [-0.2, 0) is 0 Å². The van der Waals surface area contributed by atoms with Gasteiger partial charge in [0.25, 0.3) is 5.91 Å². The molecule has 1 amide bonds. The Bertz CT molecular complexity index is 519. The molecule has 6 nitrogen and oxygen atoms in total. The molecule has 0 N–H and O–H groups in total. The Labute approximate surface area is 125 Å². The van der Waals surface area contributed by atoms with Crippen molar-refractivity contribution < 1.29 is 4.79 Å². The Morgan fingerprint density at radius 1 is 1.05 bits per heavy atom. The van der Waals surface area contributed by atoms with E-state index in [9.17, 15) is 4.79 Å². The van der Waals surface area contributed by atoms with Gasteiger partial charge in [0, 0.05) is 45.0 Å². The van der Waals surface area contributed by atoms with Crippen LogP contribution in [0.15, 0.2) is 6.07 Å². The molecular weight excluding hydrogens is 266 g/mol. The maximum atomic E-state index is 12.6. The van der Waals surface area contributed by atoms with E-state index >= 15 is 0 Å². The summed E-state index contributed by atoms with van der Waals surface area (Å²) in [6.07, 6.45) is 2.36. The highest BCUT2D eigenvalue weighted by Gasteiger charge is 2.23. The minimum atomic E-state index is 0.0362. The smallest absolute Gasteiger partial charge is 0.272 e. The predicted molar refractivity (Wildman–Crippen MR) is 81.6 cm³/mol. The van der Waals surface area contributed by atoms with E-state index in [1.54, 1.807) is 6.07 Å². The Morgan fingerprint density at radius 3 is 2.38 bits per heavy atom. The molecule has 0 unspecified atom stereocenters. The lowest BCUT2D eigenvalue weighted by Crippen LogP contribution is -2.47. The molecular formula is C15H23N5O.